The van der Waals surface area contributed by atoms with E-state index in [1.54, 1.807) is 16.0 Å². The Balaban J connectivity index is 1.60. The summed E-state index contributed by atoms with van der Waals surface area (Å²) in [7, 11) is 1.88. The quantitative estimate of drug-likeness (QED) is 0.911. The normalized spacial score (nSPS) is 18.8. The van der Waals surface area contributed by atoms with Gasteiger partial charge in [0.1, 0.15) is 11.1 Å². The minimum absolute atomic E-state index is 0.0230. The molecule has 1 amide bonds. The molecule has 1 N–H and O–H groups in total. The summed E-state index contributed by atoms with van der Waals surface area (Å²) >= 11 is 1.61. The molecule has 2 aromatic heterocycles. The third-order valence-electron chi connectivity index (χ3n) is 4.20. The second-order valence-corrected chi connectivity index (χ2v) is 7.03. The van der Waals surface area contributed by atoms with E-state index in [9.17, 15) is 4.79 Å². The molecule has 1 saturated heterocycles. The number of amides is 1. The van der Waals surface area contributed by atoms with E-state index in [-0.39, 0.29) is 12.0 Å². The van der Waals surface area contributed by atoms with Crippen molar-refractivity contribution in [2.75, 3.05) is 31.6 Å². The van der Waals surface area contributed by atoms with Gasteiger partial charge in [0.05, 0.1) is 30.2 Å². The molecule has 0 bridgehead atoms. The topological polar surface area (TPSA) is 72.3 Å². The summed E-state index contributed by atoms with van der Waals surface area (Å²) in [6.45, 7) is 8.22. The fourth-order valence-electron chi connectivity index (χ4n) is 2.85. The molecule has 3 rings (SSSR count). The van der Waals surface area contributed by atoms with Gasteiger partial charge in [-0.1, -0.05) is 0 Å². The van der Waals surface area contributed by atoms with Gasteiger partial charge in [-0.05, 0) is 20.8 Å². The molecule has 7 nitrogen and oxygen atoms in total. The van der Waals surface area contributed by atoms with Crippen LogP contribution < -0.4 is 5.32 Å². The summed E-state index contributed by atoms with van der Waals surface area (Å²) in [4.78, 5) is 19.0. The molecule has 1 aliphatic rings. The van der Waals surface area contributed by atoms with E-state index >= 15 is 0 Å². The second-order valence-electron chi connectivity index (χ2n) is 6.14. The summed E-state index contributed by atoms with van der Waals surface area (Å²) in [5.41, 5.74) is 3.61. The van der Waals surface area contributed by atoms with Crippen molar-refractivity contribution in [2.24, 2.45) is 7.05 Å². The van der Waals surface area contributed by atoms with E-state index in [1.807, 2.05) is 33.2 Å². The predicted molar refractivity (Wildman–Crippen MR) is 93.3 cm³/mol. The molecule has 0 spiro atoms. The van der Waals surface area contributed by atoms with Crippen LogP contribution in [0.3, 0.4) is 0 Å². The van der Waals surface area contributed by atoms with E-state index in [0.29, 0.717) is 19.7 Å². The number of carbonyl (C=O) groups is 1. The summed E-state index contributed by atoms with van der Waals surface area (Å²) in [5, 5.41) is 10.3. The Morgan fingerprint density at radius 1 is 1.46 bits per heavy atom. The summed E-state index contributed by atoms with van der Waals surface area (Å²) in [6.07, 6.45) is -0.0490. The van der Waals surface area contributed by atoms with Gasteiger partial charge in [-0.2, -0.15) is 5.10 Å². The van der Waals surface area contributed by atoms with E-state index < -0.39 is 0 Å². The lowest BCUT2D eigenvalue weighted by Crippen LogP contribution is -2.42. The van der Waals surface area contributed by atoms with Crippen molar-refractivity contribution in [3.8, 4) is 0 Å². The van der Waals surface area contributed by atoms with Gasteiger partial charge < -0.3 is 10.1 Å². The van der Waals surface area contributed by atoms with Gasteiger partial charge in [0, 0.05) is 31.2 Å². The Morgan fingerprint density at radius 3 is 2.88 bits per heavy atom. The van der Waals surface area contributed by atoms with Gasteiger partial charge in [-0.15, -0.1) is 11.3 Å². The number of nitrogens with zero attached hydrogens (tertiary/aromatic N) is 4. The number of hydrogen-bond donors (Lipinski definition) is 1. The van der Waals surface area contributed by atoms with Crippen LogP contribution in [0.1, 0.15) is 28.2 Å². The fourth-order valence-corrected chi connectivity index (χ4v) is 3.69. The Kier molecular flexibility index (Phi) is 4.98. The molecule has 0 aliphatic carbocycles. The lowest BCUT2D eigenvalue weighted by molar-refractivity contribution is -0.119. The maximum atomic E-state index is 12.4. The smallest absolute Gasteiger partial charge is 0.238 e. The highest BCUT2D eigenvalue weighted by Gasteiger charge is 2.26. The van der Waals surface area contributed by atoms with Crippen LogP contribution in [0.5, 0.6) is 0 Å². The first kappa shape index (κ1) is 17.1. The molecular weight excluding hydrogens is 326 g/mol. The Morgan fingerprint density at radius 2 is 2.25 bits per heavy atom. The summed E-state index contributed by atoms with van der Waals surface area (Å²) in [5.74, 6) is -0.0230. The van der Waals surface area contributed by atoms with Crippen molar-refractivity contribution in [3.05, 3.63) is 27.5 Å². The molecular formula is C16H23N5O2S. The van der Waals surface area contributed by atoms with Crippen LogP contribution in [0, 0.1) is 20.8 Å². The van der Waals surface area contributed by atoms with Gasteiger partial charge in [0.15, 0.2) is 0 Å². The third kappa shape index (κ3) is 3.66. The molecule has 0 radical (unpaired) electrons. The van der Waals surface area contributed by atoms with Crippen molar-refractivity contribution in [1.82, 2.24) is 19.7 Å². The van der Waals surface area contributed by atoms with E-state index in [2.05, 4.69) is 20.3 Å². The number of aromatic nitrogens is 3. The van der Waals surface area contributed by atoms with E-state index in [4.69, 9.17) is 4.74 Å². The number of aryl methyl sites for hydroxylation is 3. The average Bonchev–Trinajstić information content (AvgIpc) is 3.07. The molecule has 0 saturated carbocycles. The van der Waals surface area contributed by atoms with Crippen LogP contribution in [-0.2, 0) is 16.6 Å². The number of rotatable bonds is 4. The summed E-state index contributed by atoms with van der Waals surface area (Å²) < 4.78 is 7.59. The van der Waals surface area contributed by atoms with Gasteiger partial charge in [-0.3, -0.25) is 14.4 Å². The van der Waals surface area contributed by atoms with Crippen LogP contribution >= 0.6 is 11.3 Å². The second kappa shape index (κ2) is 7.00. The highest BCUT2D eigenvalue weighted by molar-refractivity contribution is 7.09. The molecule has 1 atom stereocenters. The van der Waals surface area contributed by atoms with Crippen LogP contribution in [0.2, 0.25) is 0 Å². The molecule has 3 heterocycles. The highest BCUT2D eigenvalue weighted by atomic mass is 32.1. The predicted octanol–water partition coefficient (Wildman–Crippen LogP) is 1.81. The monoisotopic (exact) mass is 349 g/mol. The number of hydrogen-bond acceptors (Lipinski definition) is 6. The largest absolute Gasteiger partial charge is 0.368 e. The van der Waals surface area contributed by atoms with Gasteiger partial charge in [-0.25, -0.2) is 4.98 Å². The maximum Gasteiger partial charge on any atom is 0.238 e. The average molecular weight is 349 g/mol. The zero-order chi connectivity index (χ0) is 17.3. The molecule has 0 aromatic carbocycles. The highest BCUT2D eigenvalue weighted by Crippen LogP contribution is 2.25. The number of anilines is 1. The lowest BCUT2D eigenvalue weighted by Gasteiger charge is -2.31. The first-order chi connectivity index (χ1) is 11.4. The zero-order valence-corrected chi connectivity index (χ0v) is 15.3. The lowest BCUT2D eigenvalue weighted by atomic mass is 10.2. The van der Waals surface area contributed by atoms with Gasteiger partial charge >= 0.3 is 0 Å². The first-order valence-corrected chi connectivity index (χ1v) is 8.88. The number of thiazole rings is 1. The van der Waals surface area contributed by atoms with Crippen molar-refractivity contribution in [1.29, 1.82) is 0 Å². The van der Waals surface area contributed by atoms with E-state index in [1.165, 1.54) is 0 Å². The van der Waals surface area contributed by atoms with Crippen LogP contribution in [0.25, 0.3) is 0 Å². The van der Waals surface area contributed by atoms with E-state index in [0.717, 1.165) is 34.3 Å². The fraction of sp³-hybridized carbons (Fsp3) is 0.562. The Labute approximate surface area is 145 Å². The van der Waals surface area contributed by atoms with Crippen molar-refractivity contribution < 1.29 is 9.53 Å². The molecule has 0 unspecified atom stereocenters. The van der Waals surface area contributed by atoms with Crippen LogP contribution in [0.4, 0.5) is 5.69 Å². The van der Waals surface area contributed by atoms with Crippen LogP contribution in [0.15, 0.2) is 5.38 Å². The Hall–Kier alpha value is -1.77. The molecule has 2 aromatic rings. The van der Waals surface area contributed by atoms with Crippen molar-refractivity contribution >= 4 is 22.9 Å². The minimum Gasteiger partial charge on any atom is -0.368 e. The Bertz CT molecular complexity index is 739. The molecule has 1 aliphatic heterocycles. The molecule has 130 valence electrons. The van der Waals surface area contributed by atoms with Crippen molar-refractivity contribution in [2.45, 2.75) is 26.9 Å². The number of carbonyl (C=O) groups excluding carboxylic acids is 1. The number of morpholine rings is 1. The minimum atomic E-state index is -0.0490. The maximum absolute atomic E-state index is 12.4. The standard InChI is InChI=1S/C16H23N5O2S/c1-10-9-24-16(17-10)13-7-21(5-6-23-13)8-14(22)18-15-11(2)19-20(4)12(15)3/h9,13H,5-8H2,1-4H3,(H,18,22)/t13-/m0/s1. The molecule has 1 fully saturated rings. The van der Waals surface area contributed by atoms with Crippen molar-refractivity contribution in [3.63, 3.8) is 0 Å². The zero-order valence-electron chi connectivity index (χ0n) is 14.5. The first-order valence-electron chi connectivity index (χ1n) is 8.00. The van der Waals surface area contributed by atoms with Crippen LogP contribution in [-0.4, -0.2) is 51.8 Å². The molecule has 8 heteroatoms. The van der Waals surface area contributed by atoms with Gasteiger partial charge in [0.25, 0.3) is 0 Å². The third-order valence-corrected chi connectivity index (χ3v) is 5.26. The summed E-state index contributed by atoms with van der Waals surface area (Å²) in [6, 6.07) is 0. The number of ether oxygens (including phenoxy) is 1. The SMILES string of the molecule is Cc1csc([C@@H]2CN(CC(=O)Nc3c(C)nn(C)c3C)CCO2)n1. The molecule has 24 heavy (non-hydrogen) atoms. The van der Waals surface area contributed by atoms with Gasteiger partial charge in [0.2, 0.25) is 5.91 Å². The number of nitrogens with one attached hydrogen (secondary N) is 1.